The Kier molecular flexibility index (Phi) is 7.54. The molecule has 8 heteroatoms. The van der Waals surface area contributed by atoms with Gasteiger partial charge in [-0.25, -0.2) is 0 Å². The van der Waals surface area contributed by atoms with Crippen LogP contribution in [0.2, 0.25) is 0 Å². The van der Waals surface area contributed by atoms with Crippen LogP contribution < -0.4 is 16.0 Å². The summed E-state index contributed by atoms with van der Waals surface area (Å²) in [4.78, 5) is 19.0. The second kappa shape index (κ2) is 10.6. The van der Waals surface area contributed by atoms with Gasteiger partial charge in [-0.05, 0) is 57.1 Å². The molecule has 2 aromatic rings. The molecule has 1 saturated heterocycles. The summed E-state index contributed by atoms with van der Waals surface area (Å²) < 4.78 is 10.7. The number of rotatable bonds is 9. The Bertz CT molecular complexity index is 721. The number of hydrogen-bond donors (Lipinski definition) is 3. The molecule has 2 aromatic heterocycles. The number of amides is 1. The molecule has 1 aliphatic rings. The fraction of sp³-hybridized carbons (Fsp3) is 0.500. The van der Waals surface area contributed by atoms with Gasteiger partial charge < -0.3 is 24.8 Å². The van der Waals surface area contributed by atoms with E-state index >= 15 is 0 Å². The van der Waals surface area contributed by atoms with E-state index in [1.807, 2.05) is 19.1 Å². The molecule has 1 unspecified atom stereocenters. The Morgan fingerprint density at radius 1 is 1.11 bits per heavy atom. The summed E-state index contributed by atoms with van der Waals surface area (Å²) in [5.41, 5.74) is 0. The molecule has 0 bridgehead atoms. The third-order valence-corrected chi connectivity index (χ3v) is 4.67. The van der Waals surface area contributed by atoms with Crippen molar-refractivity contribution in [1.29, 1.82) is 0 Å². The predicted molar refractivity (Wildman–Crippen MR) is 107 cm³/mol. The Morgan fingerprint density at radius 3 is 2.54 bits per heavy atom. The lowest BCUT2D eigenvalue weighted by atomic mass is 10.2. The molecule has 1 atom stereocenters. The van der Waals surface area contributed by atoms with Crippen LogP contribution >= 0.6 is 0 Å². The maximum atomic E-state index is 11.9. The van der Waals surface area contributed by atoms with Crippen LogP contribution in [0.5, 0.6) is 0 Å². The number of nitrogens with one attached hydrogen (secondary N) is 3. The highest BCUT2D eigenvalue weighted by Gasteiger charge is 2.25. The van der Waals surface area contributed by atoms with Crippen LogP contribution in [0.15, 0.2) is 50.6 Å². The summed E-state index contributed by atoms with van der Waals surface area (Å²) in [6.45, 7) is 6.58. The molecule has 1 aliphatic heterocycles. The Hall–Kier alpha value is -2.74. The fourth-order valence-corrected chi connectivity index (χ4v) is 3.29. The highest BCUT2D eigenvalue weighted by atomic mass is 16.3. The van der Waals surface area contributed by atoms with Crippen LogP contribution in [-0.2, 0) is 0 Å². The van der Waals surface area contributed by atoms with Gasteiger partial charge in [0.05, 0.1) is 25.1 Å². The average molecular weight is 387 g/mol. The van der Waals surface area contributed by atoms with Gasteiger partial charge in [0.2, 0.25) is 0 Å². The second-order valence-corrected chi connectivity index (χ2v) is 6.65. The summed E-state index contributed by atoms with van der Waals surface area (Å²) in [6.07, 6.45) is 5.63. The van der Waals surface area contributed by atoms with E-state index in [0.717, 1.165) is 31.4 Å². The lowest BCUT2D eigenvalue weighted by Crippen LogP contribution is -2.42. The number of nitrogens with zero attached hydrogens (tertiary/aromatic N) is 2. The van der Waals surface area contributed by atoms with Crippen LogP contribution in [0.1, 0.15) is 42.1 Å². The Morgan fingerprint density at radius 2 is 1.86 bits per heavy atom. The van der Waals surface area contributed by atoms with Crippen LogP contribution in [0, 0.1) is 0 Å². The lowest BCUT2D eigenvalue weighted by Gasteiger charge is -2.24. The first-order valence-electron chi connectivity index (χ1n) is 9.89. The molecule has 8 nitrogen and oxygen atoms in total. The number of carbonyl (C=O) groups excluding carboxylic acids is 1. The van der Waals surface area contributed by atoms with E-state index in [9.17, 15) is 4.79 Å². The van der Waals surface area contributed by atoms with Crippen molar-refractivity contribution in [1.82, 2.24) is 20.9 Å². The van der Waals surface area contributed by atoms with Gasteiger partial charge in [-0.3, -0.25) is 14.7 Å². The third kappa shape index (κ3) is 5.63. The Labute approximate surface area is 165 Å². The molecule has 3 rings (SSSR count). The zero-order chi connectivity index (χ0) is 19.6. The molecule has 0 saturated carbocycles. The van der Waals surface area contributed by atoms with Crippen LogP contribution in [0.25, 0.3) is 0 Å². The number of aliphatic imine (C=N–C) groups is 1. The molecule has 3 N–H and O–H groups in total. The van der Waals surface area contributed by atoms with Gasteiger partial charge >= 0.3 is 0 Å². The second-order valence-electron chi connectivity index (χ2n) is 6.65. The number of hydrogen-bond acceptors (Lipinski definition) is 5. The molecular weight excluding hydrogens is 358 g/mol. The smallest absolute Gasteiger partial charge is 0.287 e. The van der Waals surface area contributed by atoms with E-state index in [2.05, 4.69) is 20.9 Å². The largest absolute Gasteiger partial charge is 0.468 e. The predicted octanol–water partition coefficient (Wildman–Crippen LogP) is 1.99. The molecule has 0 spiro atoms. The van der Waals surface area contributed by atoms with Gasteiger partial charge in [0.25, 0.3) is 5.91 Å². The van der Waals surface area contributed by atoms with E-state index in [1.165, 1.54) is 19.1 Å². The number of furan rings is 2. The SMILES string of the molecule is CCNC(=NCC(c1ccco1)N1CCCC1)NCCNC(=O)c1ccco1. The highest BCUT2D eigenvalue weighted by molar-refractivity contribution is 5.91. The zero-order valence-corrected chi connectivity index (χ0v) is 16.3. The number of likely N-dealkylation sites (tertiary alicyclic amines) is 1. The van der Waals surface area contributed by atoms with E-state index in [0.29, 0.717) is 25.4 Å². The van der Waals surface area contributed by atoms with Crippen molar-refractivity contribution in [3.8, 4) is 0 Å². The third-order valence-electron chi connectivity index (χ3n) is 4.67. The average Bonchev–Trinajstić information content (AvgIpc) is 3.48. The highest BCUT2D eigenvalue weighted by Crippen LogP contribution is 2.25. The van der Waals surface area contributed by atoms with Crippen LogP contribution in [0.4, 0.5) is 0 Å². The van der Waals surface area contributed by atoms with Gasteiger partial charge in [-0.2, -0.15) is 0 Å². The van der Waals surface area contributed by atoms with E-state index in [-0.39, 0.29) is 11.9 Å². The zero-order valence-electron chi connectivity index (χ0n) is 16.3. The fourth-order valence-electron chi connectivity index (χ4n) is 3.29. The topological polar surface area (TPSA) is 95.0 Å². The lowest BCUT2D eigenvalue weighted by molar-refractivity contribution is 0.0926. The van der Waals surface area contributed by atoms with Gasteiger partial charge in [-0.15, -0.1) is 0 Å². The minimum absolute atomic E-state index is 0.145. The van der Waals surface area contributed by atoms with Crippen molar-refractivity contribution in [2.75, 3.05) is 39.3 Å². The summed E-state index contributed by atoms with van der Waals surface area (Å²) in [7, 11) is 0. The molecule has 1 amide bonds. The monoisotopic (exact) mass is 387 g/mol. The van der Waals surface area contributed by atoms with Gasteiger partial charge in [-0.1, -0.05) is 0 Å². The van der Waals surface area contributed by atoms with E-state index in [1.54, 1.807) is 18.4 Å². The maximum absolute atomic E-state index is 11.9. The van der Waals surface area contributed by atoms with Crippen molar-refractivity contribution in [2.24, 2.45) is 4.99 Å². The van der Waals surface area contributed by atoms with Gasteiger partial charge in [0, 0.05) is 19.6 Å². The molecule has 1 fully saturated rings. The van der Waals surface area contributed by atoms with Crippen molar-refractivity contribution in [3.05, 3.63) is 48.3 Å². The maximum Gasteiger partial charge on any atom is 0.287 e. The quantitative estimate of drug-likeness (QED) is 0.346. The molecule has 152 valence electrons. The molecule has 0 radical (unpaired) electrons. The first-order chi connectivity index (χ1) is 13.8. The standard InChI is InChI=1S/C20H29N5O3/c1-2-21-20(23-10-9-22-19(26)18-8-6-14-28-18)24-15-16(17-7-5-13-27-17)25-11-3-4-12-25/h5-8,13-14,16H,2-4,9-12,15H2,1H3,(H,22,26)(H2,21,23,24). The number of carbonyl (C=O) groups is 1. The molecule has 28 heavy (non-hydrogen) atoms. The van der Waals surface area contributed by atoms with Gasteiger partial charge in [0.15, 0.2) is 11.7 Å². The van der Waals surface area contributed by atoms with Crippen molar-refractivity contribution in [2.45, 2.75) is 25.8 Å². The van der Waals surface area contributed by atoms with Crippen molar-refractivity contribution in [3.63, 3.8) is 0 Å². The molecule has 0 aromatic carbocycles. The van der Waals surface area contributed by atoms with Crippen LogP contribution in [-0.4, -0.2) is 56.0 Å². The minimum Gasteiger partial charge on any atom is -0.468 e. The summed E-state index contributed by atoms with van der Waals surface area (Å²) in [6, 6.07) is 7.42. The molecule has 3 heterocycles. The molecule has 0 aliphatic carbocycles. The Balaban J connectivity index is 1.51. The molecular formula is C20H29N5O3. The van der Waals surface area contributed by atoms with Crippen LogP contribution in [0.3, 0.4) is 0 Å². The van der Waals surface area contributed by atoms with Crippen molar-refractivity contribution < 1.29 is 13.6 Å². The minimum atomic E-state index is -0.222. The van der Waals surface area contributed by atoms with E-state index < -0.39 is 0 Å². The summed E-state index contributed by atoms with van der Waals surface area (Å²) in [5, 5.41) is 9.32. The first kappa shape index (κ1) is 20.0. The van der Waals surface area contributed by atoms with Crippen molar-refractivity contribution >= 4 is 11.9 Å². The van der Waals surface area contributed by atoms with Gasteiger partial charge in [0.1, 0.15) is 5.76 Å². The summed E-state index contributed by atoms with van der Waals surface area (Å²) >= 11 is 0. The normalized spacial score (nSPS) is 16.1. The summed E-state index contributed by atoms with van der Waals surface area (Å²) in [5.74, 6) is 1.77. The first-order valence-corrected chi connectivity index (χ1v) is 9.89. The number of guanidine groups is 1. The van der Waals surface area contributed by atoms with E-state index in [4.69, 9.17) is 13.8 Å².